The van der Waals surface area contributed by atoms with Crippen molar-refractivity contribution < 1.29 is 4.79 Å². The summed E-state index contributed by atoms with van der Waals surface area (Å²) in [6, 6.07) is 8.20. The Hall–Kier alpha value is -1.85. The first-order valence-electron chi connectivity index (χ1n) is 9.93. The van der Waals surface area contributed by atoms with Crippen LogP contribution in [0.25, 0.3) is 0 Å². The van der Waals surface area contributed by atoms with Crippen molar-refractivity contribution in [2.24, 2.45) is 0 Å². The number of anilines is 2. The van der Waals surface area contributed by atoms with Gasteiger partial charge in [0.15, 0.2) is 0 Å². The first kappa shape index (κ1) is 18.9. The van der Waals surface area contributed by atoms with Gasteiger partial charge in [0.05, 0.1) is 6.54 Å². The van der Waals surface area contributed by atoms with Gasteiger partial charge in [-0.2, -0.15) is 0 Å². The molecular formula is C21H32N4O. The molecule has 2 aliphatic rings. The number of carbonyl (C=O) groups is 1. The van der Waals surface area contributed by atoms with E-state index in [1.165, 1.54) is 31.4 Å². The first-order chi connectivity index (χ1) is 12.7. The average molecular weight is 357 g/mol. The quantitative estimate of drug-likeness (QED) is 0.583. The number of nitrogens with zero attached hydrogens (tertiary/aromatic N) is 2. The summed E-state index contributed by atoms with van der Waals surface area (Å²) < 4.78 is 0. The third-order valence-electron chi connectivity index (χ3n) is 5.31. The van der Waals surface area contributed by atoms with Gasteiger partial charge in [-0.1, -0.05) is 11.6 Å². The van der Waals surface area contributed by atoms with Crippen molar-refractivity contribution in [2.75, 3.05) is 56.5 Å². The fraction of sp³-hybridized carbons (Fsp3) is 0.571. The zero-order valence-corrected chi connectivity index (χ0v) is 16.0. The number of carbonyl (C=O) groups excluding carboxylic acids is 1. The third-order valence-corrected chi connectivity index (χ3v) is 5.31. The molecular weight excluding hydrogens is 324 g/mol. The molecule has 0 saturated carbocycles. The van der Waals surface area contributed by atoms with Crippen LogP contribution in [-0.4, -0.2) is 57.1 Å². The molecule has 1 aliphatic heterocycles. The zero-order valence-electron chi connectivity index (χ0n) is 16.0. The van der Waals surface area contributed by atoms with E-state index >= 15 is 0 Å². The summed E-state index contributed by atoms with van der Waals surface area (Å²) in [5, 5.41) is 6.23. The minimum Gasteiger partial charge on any atom is -0.369 e. The average Bonchev–Trinajstić information content (AvgIpc) is 2.67. The summed E-state index contributed by atoms with van der Waals surface area (Å²) in [6.45, 7) is 5.56. The largest absolute Gasteiger partial charge is 0.369 e. The van der Waals surface area contributed by atoms with Crippen molar-refractivity contribution in [3.8, 4) is 0 Å². The number of benzene rings is 1. The SMILES string of the molecule is CN1CCN(c2ccc(NC(=O)CNCCC3=CCCCC3)cc2)CC1. The molecule has 0 radical (unpaired) electrons. The number of hydrogen-bond acceptors (Lipinski definition) is 4. The molecule has 0 unspecified atom stereocenters. The highest BCUT2D eigenvalue weighted by Gasteiger charge is 2.14. The lowest BCUT2D eigenvalue weighted by atomic mass is 9.97. The van der Waals surface area contributed by atoms with Gasteiger partial charge >= 0.3 is 0 Å². The summed E-state index contributed by atoms with van der Waals surface area (Å²) in [5.41, 5.74) is 3.64. The Balaban J connectivity index is 1.36. The highest BCUT2D eigenvalue weighted by molar-refractivity contribution is 5.92. The maximum Gasteiger partial charge on any atom is 0.238 e. The fourth-order valence-electron chi connectivity index (χ4n) is 3.61. The van der Waals surface area contributed by atoms with E-state index in [0.717, 1.165) is 44.8 Å². The predicted molar refractivity (Wildman–Crippen MR) is 109 cm³/mol. The topological polar surface area (TPSA) is 47.6 Å². The van der Waals surface area contributed by atoms with E-state index in [4.69, 9.17) is 0 Å². The Morgan fingerprint density at radius 1 is 1.08 bits per heavy atom. The molecule has 142 valence electrons. The number of allylic oxidation sites excluding steroid dienone is 1. The van der Waals surface area contributed by atoms with E-state index in [0.29, 0.717) is 6.54 Å². The van der Waals surface area contributed by atoms with Gasteiger partial charge < -0.3 is 20.4 Å². The second-order valence-electron chi connectivity index (χ2n) is 7.42. The molecule has 0 spiro atoms. The van der Waals surface area contributed by atoms with Crippen molar-refractivity contribution in [3.63, 3.8) is 0 Å². The maximum atomic E-state index is 12.1. The molecule has 2 N–H and O–H groups in total. The van der Waals surface area contributed by atoms with E-state index in [-0.39, 0.29) is 5.91 Å². The van der Waals surface area contributed by atoms with Crippen LogP contribution < -0.4 is 15.5 Å². The van der Waals surface area contributed by atoms with E-state index in [1.807, 2.05) is 12.1 Å². The second-order valence-corrected chi connectivity index (χ2v) is 7.42. The monoisotopic (exact) mass is 356 g/mol. The molecule has 5 heteroatoms. The van der Waals surface area contributed by atoms with Crippen molar-refractivity contribution >= 4 is 17.3 Å². The van der Waals surface area contributed by atoms with Crippen LogP contribution in [0, 0.1) is 0 Å². The van der Waals surface area contributed by atoms with Crippen LogP contribution >= 0.6 is 0 Å². The summed E-state index contributed by atoms with van der Waals surface area (Å²) in [6.07, 6.45) is 8.52. The van der Waals surface area contributed by atoms with E-state index in [9.17, 15) is 4.79 Å². The molecule has 0 atom stereocenters. The van der Waals surface area contributed by atoms with Crippen molar-refractivity contribution in [3.05, 3.63) is 35.9 Å². The van der Waals surface area contributed by atoms with Crippen molar-refractivity contribution in [2.45, 2.75) is 32.1 Å². The lowest BCUT2D eigenvalue weighted by molar-refractivity contribution is -0.115. The van der Waals surface area contributed by atoms with Gasteiger partial charge in [-0.15, -0.1) is 0 Å². The predicted octanol–water partition coefficient (Wildman–Crippen LogP) is 2.86. The molecule has 0 bridgehead atoms. The van der Waals surface area contributed by atoms with Gasteiger partial charge in [0.2, 0.25) is 5.91 Å². The van der Waals surface area contributed by atoms with Crippen LogP contribution in [0.5, 0.6) is 0 Å². The molecule has 1 aliphatic carbocycles. The van der Waals surface area contributed by atoms with Gasteiger partial charge in [-0.25, -0.2) is 0 Å². The van der Waals surface area contributed by atoms with E-state index in [1.54, 1.807) is 5.57 Å². The number of nitrogens with one attached hydrogen (secondary N) is 2. The minimum atomic E-state index is 0.0231. The van der Waals surface area contributed by atoms with Crippen LogP contribution in [0.4, 0.5) is 11.4 Å². The highest BCUT2D eigenvalue weighted by Crippen LogP contribution is 2.20. The number of likely N-dealkylation sites (N-methyl/N-ethyl adjacent to an activating group) is 1. The van der Waals surface area contributed by atoms with Gasteiger partial charge in [-0.3, -0.25) is 4.79 Å². The second kappa shape index (κ2) is 9.74. The highest BCUT2D eigenvalue weighted by atomic mass is 16.1. The molecule has 1 amide bonds. The summed E-state index contributed by atoms with van der Waals surface area (Å²) >= 11 is 0. The Bertz CT molecular complexity index is 603. The van der Waals surface area contributed by atoms with Crippen LogP contribution in [-0.2, 0) is 4.79 Å². The molecule has 1 aromatic carbocycles. The normalized spacial score (nSPS) is 18.5. The number of piperazine rings is 1. The third kappa shape index (κ3) is 5.85. The van der Waals surface area contributed by atoms with E-state index < -0.39 is 0 Å². The first-order valence-corrected chi connectivity index (χ1v) is 9.93. The summed E-state index contributed by atoms with van der Waals surface area (Å²) in [5.74, 6) is 0.0231. The molecule has 26 heavy (non-hydrogen) atoms. The Morgan fingerprint density at radius 3 is 2.54 bits per heavy atom. The standard InChI is InChI=1S/C21H32N4O/c1-24-13-15-25(16-14-24)20-9-7-19(8-10-20)23-21(26)17-22-12-11-18-5-3-2-4-6-18/h5,7-10,22H,2-4,6,11-17H2,1H3,(H,23,26). The summed E-state index contributed by atoms with van der Waals surface area (Å²) in [4.78, 5) is 16.8. The number of amides is 1. The molecule has 1 heterocycles. The molecule has 3 rings (SSSR count). The molecule has 5 nitrogen and oxygen atoms in total. The van der Waals surface area contributed by atoms with Crippen molar-refractivity contribution in [1.82, 2.24) is 10.2 Å². The molecule has 1 fully saturated rings. The molecule has 1 saturated heterocycles. The smallest absolute Gasteiger partial charge is 0.238 e. The lowest BCUT2D eigenvalue weighted by Gasteiger charge is -2.34. The molecule has 1 aromatic rings. The Morgan fingerprint density at radius 2 is 1.85 bits per heavy atom. The molecule has 0 aromatic heterocycles. The van der Waals surface area contributed by atoms with E-state index in [2.05, 4.69) is 45.7 Å². The van der Waals surface area contributed by atoms with Gasteiger partial charge in [0, 0.05) is 37.6 Å². The maximum absolute atomic E-state index is 12.1. The van der Waals surface area contributed by atoms with Crippen LogP contribution in [0.1, 0.15) is 32.1 Å². The number of rotatable bonds is 7. The number of hydrogen-bond donors (Lipinski definition) is 2. The lowest BCUT2D eigenvalue weighted by Crippen LogP contribution is -2.44. The van der Waals surface area contributed by atoms with Crippen LogP contribution in [0.3, 0.4) is 0 Å². The van der Waals surface area contributed by atoms with Gasteiger partial charge in [-0.05, 0) is 70.0 Å². The zero-order chi connectivity index (χ0) is 18.2. The van der Waals surface area contributed by atoms with Crippen molar-refractivity contribution in [1.29, 1.82) is 0 Å². The van der Waals surface area contributed by atoms with Crippen LogP contribution in [0.15, 0.2) is 35.9 Å². The Kier molecular flexibility index (Phi) is 7.09. The van der Waals surface area contributed by atoms with Crippen LogP contribution in [0.2, 0.25) is 0 Å². The van der Waals surface area contributed by atoms with Gasteiger partial charge in [0.25, 0.3) is 0 Å². The van der Waals surface area contributed by atoms with Gasteiger partial charge in [0.1, 0.15) is 0 Å². The fourth-order valence-corrected chi connectivity index (χ4v) is 3.61. The summed E-state index contributed by atoms with van der Waals surface area (Å²) in [7, 11) is 2.16. The minimum absolute atomic E-state index is 0.0231. The Labute approximate surface area is 157 Å².